The molecular weight excluding hydrogens is 161 g/mol. The summed E-state index contributed by atoms with van der Waals surface area (Å²) in [4.78, 5) is 19.4. The summed E-state index contributed by atoms with van der Waals surface area (Å²) in [6, 6.07) is 0. The molecule has 0 heterocycles. The third-order valence-electron chi connectivity index (χ3n) is 1.22. The average molecular weight is 168 g/mol. The van der Waals surface area contributed by atoms with E-state index in [0.29, 0.717) is 0 Å². The first kappa shape index (κ1) is 10.1. The van der Waals surface area contributed by atoms with Gasteiger partial charge >= 0.3 is 6.18 Å². The van der Waals surface area contributed by atoms with Crippen molar-refractivity contribution in [1.82, 2.24) is 0 Å². The summed E-state index contributed by atoms with van der Waals surface area (Å²) < 4.78 is 35.3. The highest BCUT2D eigenvalue weighted by Gasteiger charge is 2.38. The maximum absolute atomic E-state index is 11.8. The van der Waals surface area contributed by atoms with Gasteiger partial charge in [0.05, 0.1) is 5.92 Å². The van der Waals surface area contributed by atoms with Crippen molar-refractivity contribution in [2.75, 3.05) is 0 Å². The van der Waals surface area contributed by atoms with Gasteiger partial charge in [0, 0.05) is 12.8 Å². The summed E-state index contributed by atoms with van der Waals surface area (Å²) in [7, 11) is 0. The van der Waals surface area contributed by atoms with E-state index in [9.17, 15) is 22.8 Å². The number of carbonyl (C=O) groups is 2. The molecule has 2 nitrogen and oxygen atoms in total. The van der Waals surface area contributed by atoms with Gasteiger partial charge in [0.1, 0.15) is 12.6 Å². The zero-order valence-electron chi connectivity index (χ0n) is 5.60. The van der Waals surface area contributed by atoms with Crippen LogP contribution in [0.2, 0.25) is 0 Å². The third kappa shape index (κ3) is 3.75. The van der Waals surface area contributed by atoms with E-state index in [0.717, 1.165) is 0 Å². The Balaban J connectivity index is 4.08. The predicted molar refractivity (Wildman–Crippen MR) is 30.9 cm³/mol. The van der Waals surface area contributed by atoms with E-state index in [1.165, 1.54) is 0 Å². The van der Waals surface area contributed by atoms with Crippen LogP contribution in [0.4, 0.5) is 13.2 Å². The van der Waals surface area contributed by atoms with Crippen LogP contribution < -0.4 is 0 Å². The molecule has 0 bridgehead atoms. The molecule has 64 valence electrons. The molecule has 0 aromatic carbocycles. The third-order valence-corrected chi connectivity index (χ3v) is 1.22. The molecule has 0 radical (unpaired) electrons. The van der Waals surface area contributed by atoms with Crippen molar-refractivity contribution < 1.29 is 22.8 Å². The van der Waals surface area contributed by atoms with Crippen LogP contribution in [0.5, 0.6) is 0 Å². The summed E-state index contributed by atoms with van der Waals surface area (Å²) >= 11 is 0. The second-order valence-electron chi connectivity index (χ2n) is 2.04. The van der Waals surface area contributed by atoms with E-state index in [1.807, 2.05) is 0 Å². The van der Waals surface area contributed by atoms with Gasteiger partial charge in [-0.15, -0.1) is 0 Å². The second-order valence-corrected chi connectivity index (χ2v) is 2.04. The fourth-order valence-electron chi connectivity index (χ4n) is 0.596. The molecule has 0 spiro atoms. The summed E-state index contributed by atoms with van der Waals surface area (Å²) in [5, 5.41) is 0. The van der Waals surface area contributed by atoms with Crippen LogP contribution in [0.3, 0.4) is 0 Å². The Bertz CT molecular complexity index is 131. The van der Waals surface area contributed by atoms with Gasteiger partial charge in [0.2, 0.25) is 0 Å². The van der Waals surface area contributed by atoms with E-state index in [2.05, 4.69) is 0 Å². The minimum absolute atomic E-state index is 0.168. The van der Waals surface area contributed by atoms with Crippen molar-refractivity contribution in [1.29, 1.82) is 0 Å². The Labute approximate surface area is 61.4 Å². The highest BCUT2D eigenvalue weighted by atomic mass is 19.4. The van der Waals surface area contributed by atoms with E-state index >= 15 is 0 Å². The SMILES string of the molecule is O=CCC(CC=O)C(F)(F)F. The molecule has 0 aromatic heterocycles. The molecule has 0 rings (SSSR count). The van der Waals surface area contributed by atoms with Crippen LogP contribution >= 0.6 is 0 Å². The Morgan fingerprint density at radius 2 is 1.45 bits per heavy atom. The van der Waals surface area contributed by atoms with Crippen LogP contribution in [-0.2, 0) is 9.59 Å². The molecule has 0 amide bonds. The molecule has 0 atom stereocenters. The largest absolute Gasteiger partial charge is 0.392 e. The van der Waals surface area contributed by atoms with Gasteiger partial charge in [0.25, 0.3) is 0 Å². The van der Waals surface area contributed by atoms with E-state index < -0.39 is 24.9 Å². The number of hydrogen-bond donors (Lipinski definition) is 0. The number of alkyl halides is 3. The number of rotatable bonds is 4. The lowest BCUT2D eigenvalue weighted by atomic mass is 10.0. The number of hydrogen-bond acceptors (Lipinski definition) is 2. The van der Waals surface area contributed by atoms with Crippen molar-refractivity contribution in [3.8, 4) is 0 Å². The molecule has 0 aliphatic rings. The van der Waals surface area contributed by atoms with E-state index in [1.54, 1.807) is 0 Å². The van der Waals surface area contributed by atoms with Crippen LogP contribution in [0.1, 0.15) is 12.8 Å². The zero-order chi connectivity index (χ0) is 8.91. The first-order valence-corrected chi connectivity index (χ1v) is 2.96. The van der Waals surface area contributed by atoms with Crippen molar-refractivity contribution in [2.45, 2.75) is 19.0 Å². The molecule has 0 aliphatic carbocycles. The number of halogens is 3. The summed E-state index contributed by atoms with van der Waals surface area (Å²) in [5.74, 6) is -1.81. The lowest BCUT2D eigenvalue weighted by molar-refractivity contribution is -0.178. The maximum atomic E-state index is 11.8. The predicted octanol–water partition coefficient (Wildman–Crippen LogP) is 1.34. The van der Waals surface area contributed by atoms with Crippen LogP contribution in [0, 0.1) is 5.92 Å². The molecular formula is C6H7F3O2. The number of aldehydes is 2. The zero-order valence-corrected chi connectivity index (χ0v) is 5.60. The normalized spacial score (nSPS) is 11.6. The Morgan fingerprint density at radius 1 is 1.09 bits per heavy atom. The summed E-state index contributed by atoms with van der Waals surface area (Å²) in [6.07, 6.45) is -5.38. The van der Waals surface area contributed by atoms with Crippen LogP contribution in [0.25, 0.3) is 0 Å². The second kappa shape index (κ2) is 4.10. The van der Waals surface area contributed by atoms with Gasteiger partial charge in [-0.05, 0) is 0 Å². The minimum atomic E-state index is -4.44. The molecule has 0 saturated heterocycles. The topological polar surface area (TPSA) is 34.1 Å². The van der Waals surface area contributed by atoms with E-state index in [4.69, 9.17) is 0 Å². The van der Waals surface area contributed by atoms with Gasteiger partial charge in [-0.25, -0.2) is 0 Å². The van der Waals surface area contributed by atoms with Crippen molar-refractivity contribution in [2.24, 2.45) is 5.92 Å². The highest BCUT2D eigenvalue weighted by Crippen LogP contribution is 2.29. The standard InChI is InChI=1S/C6H7F3O2/c7-6(8,9)5(1-3-10)2-4-11/h3-5H,1-2H2. The van der Waals surface area contributed by atoms with Crippen molar-refractivity contribution in [3.05, 3.63) is 0 Å². The average Bonchev–Trinajstić information content (AvgIpc) is 1.85. The molecule has 5 heteroatoms. The van der Waals surface area contributed by atoms with E-state index in [-0.39, 0.29) is 12.6 Å². The molecule has 0 aromatic rings. The van der Waals surface area contributed by atoms with Crippen molar-refractivity contribution in [3.63, 3.8) is 0 Å². The molecule has 11 heavy (non-hydrogen) atoms. The Morgan fingerprint density at radius 3 is 1.64 bits per heavy atom. The van der Waals surface area contributed by atoms with Crippen LogP contribution in [-0.4, -0.2) is 18.7 Å². The molecule has 0 aliphatic heterocycles. The Hall–Kier alpha value is -0.870. The number of carbonyl (C=O) groups excluding carboxylic acids is 2. The molecule has 0 unspecified atom stereocenters. The molecule has 0 N–H and O–H groups in total. The fraction of sp³-hybridized carbons (Fsp3) is 0.667. The van der Waals surface area contributed by atoms with Crippen LogP contribution in [0.15, 0.2) is 0 Å². The molecule has 0 fully saturated rings. The first-order chi connectivity index (χ1) is 5.02. The fourth-order valence-corrected chi connectivity index (χ4v) is 0.596. The maximum Gasteiger partial charge on any atom is 0.392 e. The monoisotopic (exact) mass is 168 g/mol. The summed E-state index contributed by atoms with van der Waals surface area (Å²) in [6.45, 7) is 0. The van der Waals surface area contributed by atoms with Gasteiger partial charge in [-0.2, -0.15) is 13.2 Å². The lowest BCUT2D eigenvalue weighted by Crippen LogP contribution is -2.23. The first-order valence-electron chi connectivity index (χ1n) is 2.96. The van der Waals surface area contributed by atoms with Crippen molar-refractivity contribution >= 4 is 12.6 Å². The smallest absolute Gasteiger partial charge is 0.303 e. The van der Waals surface area contributed by atoms with Gasteiger partial charge < -0.3 is 9.59 Å². The van der Waals surface area contributed by atoms with Gasteiger partial charge in [-0.3, -0.25) is 0 Å². The Kier molecular flexibility index (Phi) is 3.78. The quantitative estimate of drug-likeness (QED) is 0.593. The molecule has 0 saturated carbocycles. The summed E-state index contributed by atoms with van der Waals surface area (Å²) in [5.41, 5.74) is 0. The minimum Gasteiger partial charge on any atom is -0.303 e. The highest BCUT2D eigenvalue weighted by molar-refractivity contribution is 5.54. The lowest BCUT2D eigenvalue weighted by Gasteiger charge is -2.14. The van der Waals surface area contributed by atoms with Gasteiger partial charge in [-0.1, -0.05) is 0 Å². The van der Waals surface area contributed by atoms with Gasteiger partial charge in [0.15, 0.2) is 0 Å².